The van der Waals surface area contributed by atoms with Gasteiger partial charge in [0.05, 0.1) is 0 Å². The van der Waals surface area contributed by atoms with Crippen LogP contribution in [-0.2, 0) is 14.4 Å². The average Bonchev–Trinajstić information content (AvgIpc) is 2.82. The Morgan fingerprint density at radius 1 is 0.576 bits per heavy atom. The van der Waals surface area contributed by atoms with Crippen molar-refractivity contribution in [3.8, 4) is 0 Å². The molecule has 0 spiro atoms. The predicted molar refractivity (Wildman–Crippen MR) is 144 cm³/mol. The van der Waals surface area contributed by atoms with Crippen LogP contribution in [-0.4, -0.2) is 41.5 Å². The van der Waals surface area contributed by atoms with E-state index in [0.29, 0.717) is 31.1 Å². The molecule has 33 heavy (non-hydrogen) atoms. The fourth-order valence-electron chi connectivity index (χ4n) is 4.99. The van der Waals surface area contributed by atoms with Crippen molar-refractivity contribution in [1.29, 1.82) is 0 Å². The van der Waals surface area contributed by atoms with Gasteiger partial charge in [0.1, 0.15) is 0 Å². The van der Waals surface area contributed by atoms with Gasteiger partial charge in [-0.25, -0.2) is 0 Å². The van der Waals surface area contributed by atoms with E-state index in [1.165, 1.54) is 57.8 Å². The molecule has 0 aliphatic carbocycles. The molecule has 0 rings (SSSR count). The zero-order chi connectivity index (χ0) is 24.9. The fraction of sp³-hybridized carbons (Fsp3) is 0.893. The van der Waals surface area contributed by atoms with Crippen LogP contribution in [0.25, 0.3) is 0 Å². The Morgan fingerprint density at radius 2 is 0.848 bits per heavy atom. The molecule has 4 nitrogen and oxygen atoms in total. The molecule has 5 heteroatoms. The van der Waals surface area contributed by atoms with E-state index in [-0.39, 0.29) is 0 Å². The monoisotopic (exact) mass is 486 g/mol. The zero-order valence-electron chi connectivity index (χ0n) is 22.2. The van der Waals surface area contributed by atoms with Gasteiger partial charge in [0.15, 0.2) is 0 Å². The van der Waals surface area contributed by atoms with Crippen molar-refractivity contribution < 1.29 is 19.3 Å². The van der Waals surface area contributed by atoms with Crippen LogP contribution in [0.3, 0.4) is 0 Å². The molecule has 0 aliphatic heterocycles. The van der Waals surface area contributed by atoms with Crippen molar-refractivity contribution in [2.45, 2.75) is 136 Å². The maximum atomic E-state index is 13.6. The minimum atomic E-state index is -3.81. The van der Waals surface area contributed by atoms with Crippen LogP contribution in [0.1, 0.15) is 136 Å². The Balaban J connectivity index is 5.43. The molecule has 0 bridgehead atoms. The summed E-state index contributed by atoms with van der Waals surface area (Å²) in [6.07, 6.45) is 22.0. The number of hydrogen-bond acceptors (Lipinski definition) is 4. The van der Waals surface area contributed by atoms with E-state index in [9.17, 15) is 19.3 Å². The summed E-state index contributed by atoms with van der Waals surface area (Å²) in [6.45, 7) is 2.77. The molecule has 0 aromatic rings. The van der Waals surface area contributed by atoms with Crippen LogP contribution in [0.15, 0.2) is 0 Å². The molecule has 0 radical (unpaired) electrons. The van der Waals surface area contributed by atoms with Crippen molar-refractivity contribution in [2.75, 3.05) is 18.5 Å². The van der Waals surface area contributed by atoms with Crippen molar-refractivity contribution in [3.63, 3.8) is 0 Å². The fourth-order valence-corrected chi connectivity index (χ4v) is 10.1. The Kier molecular flexibility index (Phi) is 19.3. The van der Waals surface area contributed by atoms with Crippen molar-refractivity contribution in [3.05, 3.63) is 0 Å². The van der Waals surface area contributed by atoms with E-state index in [1.54, 1.807) is 0 Å². The molecular formula is C28H55O4P. The summed E-state index contributed by atoms with van der Waals surface area (Å²) in [4.78, 5) is 49.1. The van der Waals surface area contributed by atoms with Gasteiger partial charge in [0, 0.05) is 0 Å². The standard InChI is InChI=1S/C28H55O4P/c1-4-7-10-13-16-19-22-33(32,28(31)27(25-29)26-30,23-20-17-14-11-8-5-2)24-21-18-15-12-9-6-3/h25-27,32H,4-24H2,1-3H3. The quantitative estimate of drug-likeness (QED) is 0.0613. The second-order valence-corrected chi connectivity index (χ2v) is 15.4. The predicted octanol–water partition coefficient (Wildman–Crippen LogP) is 8.07. The second kappa shape index (κ2) is 19.7. The number of unbranched alkanes of at least 4 members (excludes halogenated alkanes) is 15. The first-order valence-electron chi connectivity index (χ1n) is 14.1. The summed E-state index contributed by atoms with van der Waals surface area (Å²) < 4.78 is 0. The van der Waals surface area contributed by atoms with Gasteiger partial charge in [0.25, 0.3) is 0 Å². The molecular weight excluding hydrogens is 431 g/mol. The van der Waals surface area contributed by atoms with Gasteiger partial charge < -0.3 is 0 Å². The van der Waals surface area contributed by atoms with E-state index in [0.717, 1.165) is 57.8 Å². The summed E-state index contributed by atoms with van der Waals surface area (Å²) in [6, 6.07) is 0. The van der Waals surface area contributed by atoms with E-state index in [2.05, 4.69) is 20.8 Å². The van der Waals surface area contributed by atoms with E-state index in [1.807, 2.05) is 0 Å². The van der Waals surface area contributed by atoms with Gasteiger partial charge in [-0.05, 0) is 0 Å². The molecule has 0 aliphatic rings. The van der Waals surface area contributed by atoms with Crippen molar-refractivity contribution >= 4 is 24.9 Å². The van der Waals surface area contributed by atoms with Gasteiger partial charge in [-0.15, -0.1) is 0 Å². The number of carbonyl (C=O) groups is 3. The third kappa shape index (κ3) is 13.2. The first-order chi connectivity index (χ1) is 15.9. The zero-order valence-corrected chi connectivity index (χ0v) is 23.1. The Morgan fingerprint density at radius 3 is 1.12 bits per heavy atom. The van der Waals surface area contributed by atoms with Gasteiger partial charge in [-0.3, -0.25) is 0 Å². The third-order valence-electron chi connectivity index (χ3n) is 7.26. The number of hydrogen-bond donors (Lipinski definition) is 1. The molecule has 0 unspecified atom stereocenters. The average molecular weight is 487 g/mol. The molecule has 0 saturated carbocycles. The summed E-state index contributed by atoms with van der Waals surface area (Å²) in [5.74, 6) is -1.30. The first-order valence-corrected chi connectivity index (χ1v) is 16.9. The van der Waals surface area contributed by atoms with Crippen LogP contribution in [0, 0.1) is 5.92 Å². The van der Waals surface area contributed by atoms with E-state index in [4.69, 9.17) is 0 Å². The SMILES string of the molecule is CCCCCCCCP(O)(CCCCCCCC)(CCCCCCCC)C(=O)C(C=O)C=O. The van der Waals surface area contributed by atoms with Gasteiger partial charge in [0.2, 0.25) is 0 Å². The molecule has 0 saturated heterocycles. The Labute approximate surface area is 205 Å². The Hall–Kier alpha value is -0.600. The van der Waals surface area contributed by atoms with Crippen LogP contribution in [0.2, 0.25) is 0 Å². The van der Waals surface area contributed by atoms with Gasteiger partial charge >= 0.3 is 205 Å². The Bertz CT molecular complexity index is 468. The second-order valence-electron chi connectivity index (χ2n) is 10.3. The van der Waals surface area contributed by atoms with Crippen LogP contribution >= 0.6 is 6.83 Å². The normalized spacial score (nSPS) is 13.1. The number of rotatable bonds is 25. The van der Waals surface area contributed by atoms with E-state index < -0.39 is 18.3 Å². The summed E-state index contributed by atoms with van der Waals surface area (Å²) in [7, 11) is 0. The molecule has 0 aromatic carbocycles. The van der Waals surface area contributed by atoms with E-state index >= 15 is 0 Å². The molecule has 0 aromatic heterocycles. The maximum absolute atomic E-state index is 13.6. The van der Waals surface area contributed by atoms with Gasteiger partial charge in [-0.2, -0.15) is 0 Å². The molecule has 1 N–H and O–H groups in total. The first kappa shape index (κ1) is 32.4. The molecule has 0 fully saturated rings. The topological polar surface area (TPSA) is 71.4 Å². The van der Waals surface area contributed by atoms with Crippen molar-refractivity contribution in [1.82, 2.24) is 0 Å². The minimum absolute atomic E-state index is 0.415. The van der Waals surface area contributed by atoms with Gasteiger partial charge in [-0.1, -0.05) is 0 Å². The number of carbonyl (C=O) groups excluding carboxylic acids is 3. The van der Waals surface area contributed by atoms with Crippen LogP contribution in [0.5, 0.6) is 0 Å². The number of aldehydes is 2. The molecule has 0 heterocycles. The summed E-state index contributed by atoms with van der Waals surface area (Å²) in [5, 5.41) is 0. The molecule has 0 amide bonds. The third-order valence-corrected chi connectivity index (χ3v) is 12.8. The molecule has 0 atom stereocenters. The molecule has 196 valence electrons. The van der Waals surface area contributed by atoms with Crippen LogP contribution in [0.4, 0.5) is 0 Å². The summed E-state index contributed by atoms with van der Waals surface area (Å²) in [5.41, 5.74) is -0.415. The van der Waals surface area contributed by atoms with Crippen molar-refractivity contribution in [2.24, 2.45) is 5.92 Å². The summed E-state index contributed by atoms with van der Waals surface area (Å²) >= 11 is 0. The van der Waals surface area contributed by atoms with Crippen LogP contribution < -0.4 is 0 Å².